The number of aliphatic hydroxyl groups is 1. The Labute approximate surface area is 177 Å². The second kappa shape index (κ2) is 10.6. The first-order valence-corrected chi connectivity index (χ1v) is 10.5. The number of carbonyl (C=O) groups excluding carboxylic acids is 1. The van der Waals surface area contributed by atoms with Gasteiger partial charge in [-0.1, -0.05) is 35.9 Å². The molecule has 2 aromatic rings. The van der Waals surface area contributed by atoms with Gasteiger partial charge in [-0.25, -0.2) is 0 Å². The summed E-state index contributed by atoms with van der Waals surface area (Å²) in [7, 11) is 0. The fraction of sp³-hybridized carbons (Fsp3) is 0.435. The average Bonchev–Trinajstić information content (AvgIpc) is 2.72. The predicted molar refractivity (Wildman–Crippen MR) is 113 cm³/mol. The highest BCUT2D eigenvalue weighted by Crippen LogP contribution is 2.29. The Balaban J connectivity index is 1.45. The van der Waals surface area contributed by atoms with Crippen LogP contribution in [0.3, 0.4) is 0 Å². The summed E-state index contributed by atoms with van der Waals surface area (Å²) in [6.45, 7) is 3.35. The van der Waals surface area contributed by atoms with E-state index in [4.69, 9.17) is 21.1 Å². The second-order valence-corrected chi connectivity index (χ2v) is 7.69. The fourth-order valence-electron chi connectivity index (χ4n) is 3.49. The van der Waals surface area contributed by atoms with Crippen LogP contribution < -0.4 is 10.1 Å². The van der Waals surface area contributed by atoms with E-state index in [-0.39, 0.29) is 12.1 Å². The molecule has 0 saturated carbocycles. The number of aryl methyl sites for hydroxylation is 2. The van der Waals surface area contributed by atoms with Crippen LogP contribution in [0.2, 0.25) is 5.02 Å². The molecule has 2 atom stereocenters. The average molecular weight is 418 g/mol. The van der Waals surface area contributed by atoms with Crippen molar-refractivity contribution in [1.82, 2.24) is 5.32 Å². The van der Waals surface area contributed by atoms with Crippen LogP contribution in [0, 0.1) is 0 Å². The summed E-state index contributed by atoms with van der Waals surface area (Å²) in [6, 6.07) is 13.4. The Kier molecular flexibility index (Phi) is 7.92. The molecule has 0 aromatic heterocycles. The van der Waals surface area contributed by atoms with Crippen molar-refractivity contribution in [2.45, 2.75) is 44.8 Å². The van der Waals surface area contributed by atoms with Crippen LogP contribution in [0.25, 0.3) is 0 Å². The highest BCUT2D eigenvalue weighted by Gasteiger charge is 2.20. The van der Waals surface area contributed by atoms with E-state index < -0.39 is 6.10 Å². The molecule has 1 heterocycles. The maximum absolute atomic E-state index is 11.5. The Hall–Kier alpha value is -2.08. The monoisotopic (exact) mass is 417 g/mol. The van der Waals surface area contributed by atoms with Gasteiger partial charge in [0, 0.05) is 24.5 Å². The molecule has 29 heavy (non-hydrogen) atoms. The zero-order valence-electron chi connectivity index (χ0n) is 16.7. The van der Waals surface area contributed by atoms with Gasteiger partial charge in [0.1, 0.15) is 11.9 Å². The number of fused-ring (bicyclic) bond motifs is 1. The lowest BCUT2D eigenvalue weighted by Gasteiger charge is -2.27. The van der Waals surface area contributed by atoms with Crippen LogP contribution in [-0.4, -0.2) is 36.9 Å². The summed E-state index contributed by atoms with van der Waals surface area (Å²) >= 11 is 5.98. The summed E-state index contributed by atoms with van der Waals surface area (Å²) in [6.07, 6.45) is 2.39. The highest BCUT2D eigenvalue weighted by atomic mass is 35.5. The van der Waals surface area contributed by atoms with Gasteiger partial charge < -0.3 is 19.9 Å². The summed E-state index contributed by atoms with van der Waals surface area (Å²) in [5, 5.41) is 14.2. The van der Waals surface area contributed by atoms with E-state index >= 15 is 0 Å². The van der Waals surface area contributed by atoms with Gasteiger partial charge in [-0.05, 0) is 61.1 Å². The largest absolute Gasteiger partial charge is 0.489 e. The predicted octanol–water partition coefficient (Wildman–Crippen LogP) is 3.85. The lowest BCUT2D eigenvalue weighted by Crippen LogP contribution is -2.36. The van der Waals surface area contributed by atoms with E-state index in [2.05, 4.69) is 11.4 Å². The molecule has 1 unspecified atom stereocenters. The fourth-order valence-corrected chi connectivity index (χ4v) is 3.69. The van der Waals surface area contributed by atoms with E-state index in [9.17, 15) is 9.90 Å². The highest BCUT2D eigenvalue weighted by molar-refractivity contribution is 6.30. The van der Waals surface area contributed by atoms with E-state index in [0.717, 1.165) is 29.7 Å². The molecule has 0 amide bonds. The molecule has 2 aromatic carbocycles. The van der Waals surface area contributed by atoms with Gasteiger partial charge in [-0.15, -0.1) is 0 Å². The summed E-state index contributed by atoms with van der Waals surface area (Å²) in [4.78, 5) is 11.5. The number of hydrogen-bond acceptors (Lipinski definition) is 5. The van der Waals surface area contributed by atoms with Gasteiger partial charge in [0.15, 0.2) is 0 Å². The van der Waals surface area contributed by atoms with Crippen molar-refractivity contribution in [3.8, 4) is 5.75 Å². The number of carbonyl (C=O) groups is 1. The molecule has 2 N–H and O–H groups in total. The van der Waals surface area contributed by atoms with E-state index in [1.54, 1.807) is 12.1 Å². The SMILES string of the molecule is CCOC(=O)CCc1ccc2c(c1)CCC(CNC[C@@H](O)c1cccc(Cl)c1)O2. The molecule has 5 nitrogen and oxygen atoms in total. The number of aliphatic hydroxyl groups excluding tert-OH is 1. The van der Waals surface area contributed by atoms with Crippen LogP contribution >= 0.6 is 11.6 Å². The van der Waals surface area contributed by atoms with Crippen molar-refractivity contribution < 1.29 is 19.4 Å². The zero-order chi connectivity index (χ0) is 20.6. The molecule has 0 radical (unpaired) electrons. The number of benzene rings is 2. The third kappa shape index (κ3) is 6.46. The van der Waals surface area contributed by atoms with E-state index in [1.807, 2.05) is 31.2 Å². The normalized spacial score (nSPS) is 16.6. The third-order valence-electron chi connectivity index (χ3n) is 5.02. The van der Waals surface area contributed by atoms with Gasteiger partial charge in [0.2, 0.25) is 0 Å². The summed E-state index contributed by atoms with van der Waals surface area (Å²) in [5.74, 6) is 0.742. The molecule has 0 spiro atoms. The minimum Gasteiger partial charge on any atom is -0.489 e. The smallest absolute Gasteiger partial charge is 0.306 e. The van der Waals surface area contributed by atoms with Crippen LogP contribution in [0.5, 0.6) is 5.75 Å². The topological polar surface area (TPSA) is 67.8 Å². The third-order valence-corrected chi connectivity index (χ3v) is 5.26. The first-order chi connectivity index (χ1) is 14.0. The van der Waals surface area contributed by atoms with Crippen molar-refractivity contribution in [3.63, 3.8) is 0 Å². The lowest BCUT2D eigenvalue weighted by atomic mass is 9.98. The van der Waals surface area contributed by atoms with Gasteiger partial charge in [-0.3, -0.25) is 4.79 Å². The minimum atomic E-state index is -0.605. The molecule has 0 saturated heterocycles. The number of esters is 1. The van der Waals surface area contributed by atoms with Crippen LogP contribution in [0.15, 0.2) is 42.5 Å². The molecule has 1 aliphatic rings. The second-order valence-electron chi connectivity index (χ2n) is 7.25. The Bertz CT molecular complexity index is 826. The van der Waals surface area contributed by atoms with Crippen LogP contribution in [0.1, 0.15) is 42.6 Å². The molecule has 6 heteroatoms. The first-order valence-electron chi connectivity index (χ1n) is 10.1. The molecule has 0 fully saturated rings. The molecular formula is C23H28ClNO4. The Morgan fingerprint density at radius 3 is 3.00 bits per heavy atom. The standard InChI is InChI=1S/C23H28ClNO4/c1-2-28-23(27)11-7-16-6-10-22-18(12-16)8-9-20(29-22)14-25-15-21(26)17-4-3-5-19(24)13-17/h3-6,10,12-13,20-21,25-26H,2,7-9,11,14-15H2,1H3/t20?,21-/m1/s1. The number of nitrogens with one attached hydrogen (secondary N) is 1. The number of halogens is 1. The summed E-state index contributed by atoms with van der Waals surface area (Å²) < 4.78 is 11.1. The van der Waals surface area contributed by atoms with E-state index in [1.165, 1.54) is 5.56 Å². The van der Waals surface area contributed by atoms with Crippen molar-refractivity contribution in [3.05, 3.63) is 64.2 Å². The molecule has 0 bridgehead atoms. The first kappa shape index (κ1) is 21.6. The lowest BCUT2D eigenvalue weighted by molar-refractivity contribution is -0.143. The summed E-state index contributed by atoms with van der Waals surface area (Å²) in [5.41, 5.74) is 3.11. The number of ether oxygens (including phenoxy) is 2. The molecule has 3 rings (SSSR count). The maximum atomic E-state index is 11.5. The quantitative estimate of drug-likeness (QED) is 0.606. The minimum absolute atomic E-state index is 0.0689. The van der Waals surface area contributed by atoms with Gasteiger partial charge >= 0.3 is 5.97 Å². The zero-order valence-corrected chi connectivity index (χ0v) is 17.5. The van der Waals surface area contributed by atoms with Crippen LogP contribution in [-0.2, 0) is 22.4 Å². The Morgan fingerprint density at radius 1 is 1.34 bits per heavy atom. The Morgan fingerprint density at radius 2 is 2.21 bits per heavy atom. The van der Waals surface area contributed by atoms with Crippen LogP contribution in [0.4, 0.5) is 0 Å². The van der Waals surface area contributed by atoms with Crippen molar-refractivity contribution in [1.29, 1.82) is 0 Å². The van der Waals surface area contributed by atoms with E-state index in [0.29, 0.717) is 37.6 Å². The van der Waals surface area contributed by atoms with Crippen molar-refractivity contribution in [2.75, 3.05) is 19.7 Å². The molecule has 0 aliphatic carbocycles. The van der Waals surface area contributed by atoms with Gasteiger partial charge in [0.05, 0.1) is 12.7 Å². The molecular weight excluding hydrogens is 390 g/mol. The number of hydrogen-bond donors (Lipinski definition) is 2. The number of rotatable bonds is 9. The molecule has 1 aliphatic heterocycles. The van der Waals surface area contributed by atoms with Crippen molar-refractivity contribution >= 4 is 17.6 Å². The molecule has 156 valence electrons. The van der Waals surface area contributed by atoms with Gasteiger partial charge in [-0.2, -0.15) is 0 Å². The van der Waals surface area contributed by atoms with Gasteiger partial charge in [0.25, 0.3) is 0 Å². The van der Waals surface area contributed by atoms with Crippen molar-refractivity contribution in [2.24, 2.45) is 0 Å². The maximum Gasteiger partial charge on any atom is 0.306 e.